The van der Waals surface area contributed by atoms with E-state index in [0.717, 1.165) is 17.2 Å². The van der Waals surface area contributed by atoms with Crippen molar-refractivity contribution in [1.29, 1.82) is 0 Å². The summed E-state index contributed by atoms with van der Waals surface area (Å²) in [6.45, 7) is 0. The van der Waals surface area contributed by atoms with Crippen molar-refractivity contribution in [3.05, 3.63) is 18.2 Å². The Hall–Kier alpha value is -1.38. The minimum absolute atomic E-state index is 0.823. The smallest absolute Gasteiger partial charge is 0.145 e. The molecule has 0 fully saturated rings. The first kappa shape index (κ1) is 9.71. The van der Waals surface area contributed by atoms with Gasteiger partial charge in [-0.2, -0.15) is 0 Å². The standard InChI is InChI=1S/C10H15NO2/c1-11(2)10-8(12-3)6-5-7-9(10)13-4/h5-7H,1-4H3. The molecule has 0 aromatic heterocycles. The molecule has 0 saturated heterocycles. The predicted molar refractivity (Wildman–Crippen MR) is 53.9 cm³/mol. The molecular formula is C10H15NO2. The number of ether oxygens (including phenoxy) is 2. The van der Waals surface area contributed by atoms with Crippen LogP contribution in [-0.4, -0.2) is 28.3 Å². The molecule has 72 valence electrons. The van der Waals surface area contributed by atoms with Gasteiger partial charge in [-0.25, -0.2) is 0 Å². The number of benzene rings is 1. The summed E-state index contributed by atoms with van der Waals surface area (Å²) in [5, 5.41) is 0. The average Bonchev–Trinajstić information content (AvgIpc) is 2.16. The van der Waals surface area contributed by atoms with Gasteiger partial charge >= 0.3 is 0 Å². The zero-order valence-electron chi connectivity index (χ0n) is 8.50. The first-order valence-corrected chi connectivity index (χ1v) is 4.09. The van der Waals surface area contributed by atoms with Crippen LogP contribution in [0.15, 0.2) is 18.2 Å². The SMILES string of the molecule is COc1cccc(OC)c1N(C)C. The number of para-hydroxylation sites is 1. The van der Waals surface area contributed by atoms with Crippen LogP contribution in [0.25, 0.3) is 0 Å². The van der Waals surface area contributed by atoms with E-state index in [1.807, 2.05) is 37.2 Å². The highest BCUT2D eigenvalue weighted by Crippen LogP contribution is 2.35. The van der Waals surface area contributed by atoms with Gasteiger partial charge in [-0.1, -0.05) is 6.07 Å². The van der Waals surface area contributed by atoms with Crippen molar-refractivity contribution in [2.24, 2.45) is 0 Å². The van der Waals surface area contributed by atoms with Gasteiger partial charge in [-0.15, -0.1) is 0 Å². The Morgan fingerprint density at radius 2 is 1.46 bits per heavy atom. The van der Waals surface area contributed by atoms with Crippen molar-refractivity contribution < 1.29 is 9.47 Å². The normalized spacial score (nSPS) is 9.54. The van der Waals surface area contributed by atoms with Gasteiger partial charge in [0.05, 0.1) is 14.2 Å². The van der Waals surface area contributed by atoms with E-state index in [9.17, 15) is 0 Å². The first-order valence-electron chi connectivity index (χ1n) is 4.09. The molecule has 0 amide bonds. The number of nitrogens with zero attached hydrogens (tertiary/aromatic N) is 1. The summed E-state index contributed by atoms with van der Waals surface area (Å²) in [6.07, 6.45) is 0. The van der Waals surface area contributed by atoms with E-state index >= 15 is 0 Å². The van der Waals surface area contributed by atoms with Crippen LogP contribution < -0.4 is 14.4 Å². The van der Waals surface area contributed by atoms with Crippen LogP contribution in [0.5, 0.6) is 11.5 Å². The second-order valence-electron chi connectivity index (χ2n) is 2.91. The van der Waals surface area contributed by atoms with Crippen molar-refractivity contribution in [1.82, 2.24) is 0 Å². The minimum atomic E-state index is 0.823. The van der Waals surface area contributed by atoms with E-state index in [0.29, 0.717) is 0 Å². The predicted octanol–water partition coefficient (Wildman–Crippen LogP) is 1.77. The molecule has 0 N–H and O–H groups in total. The van der Waals surface area contributed by atoms with Gasteiger partial charge < -0.3 is 14.4 Å². The highest BCUT2D eigenvalue weighted by Gasteiger charge is 2.10. The van der Waals surface area contributed by atoms with E-state index in [1.54, 1.807) is 14.2 Å². The Bertz CT molecular complexity index is 262. The molecule has 13 heavy (non-hydrogen) atoms. The van der Waals surface area contributed by atoms with Gasteiger partial charge in [0.2, 0.25) is 0 Å². The van der Waals surface area contributed by atoms with Gasteiger partial charge in [0.1, 0.15) is 17.2 Å². The lowest BCUT2D eigenvalue weighted by atomic mass is 10.2. The number of rotatable bonds is 3. The Labute approximate surface area is 78.9 Å². The van der Waals surface area contributed by atoms with Crippen LogP contribution in [-0.2, 0) is 0 Å². The van der Waals surface area contributed by atoms with Crippen LogP contribution in [0, 0.1) is 0 Å². The van der Waals surface area contributed by atoms with Crippen molar-refractivity contribution in [2.75, 3.05) is 33.2 Å². The Morgan fingerprint density at radius 3 is 1.77 bits per heavy atom. The minimum Gasteiger partial charge on any atom is -0.494 e. The fourth-order valence-corrected chi connectivity index (χ4v) is 1.27. The fourth-order valence-electron chi connectivity index (χ4n) is 1.27. The fraction of sp³-hybridized carbons (Fsp3) is 0.400. The molecule has 0 aliphatic carbocycles. The second-order valence-corrected chi connectivity index (χ2v) is 2.91. The number of anilines is 1. The topological polar surface area (TPSA) is 21.7 Å². The summed E-state index contributed by atoms with van der Waals surface area (Å²) in [5.74, 6) is 1.65. The maximum Gasteiger partial charge on any atom is 0.145 e. The molecule has 0 atom stereocenters. The Balaban J connectivity index is 3.21. The largest absolute Gasteiger partial charge is 0.494 e. The van der Waals surface area contributed by atoms with E-state index in [2.05, 4.69) is 0 Å². The summed E-state index contributed by atoms with van der Waals surface area (Å²) in [6, 6.07) is 5.74. The van der Waals surface area contributed by atoms with E-state index in [-0.39, 0.29) is 0 Å². The molecule has 0 aliphatic heterocycles. The van der Waals surface area contributed by atoms with Gasteiger partial charge in [0.15, 0.2) is 0 Å². The van der Waals surface area contributed by atoms with Crippen molar-refractivity contribution in [2.45, 2.75) is 0 Å². The van der Waals surface area contributed by atoms with Gasteiger partial charge in [-0.3, -0.25) is 0 Å². The van der Waals surface area contributed by atoms with Crippen LogP contribution >= 0.6 is 0 Å². The third-order valence-electron chi connectivity index (χ3n) is 1.85. The van der Waals surface area contributed by atoms with Crippen LogP contribution in [0.1, 0.15) is 0 Å². The average molecular weight is 181 g/mol. The summed E-state index contributed by atoms with van der Waals surface area (Å²) in [4.78, 5) is 1.97. The van der Waals surface area contributed by atoms with E-state index in [4.69, 9.17) is 9.47 Å². The molecule has 0 unspecified atom stereocenters. The third-order valence-corrected chi connectivity index (χ3v) is 1.85. The van der Waals surface area contributed by atoms with E-state index < -0.39 is 0 Å². The lowest BCUT2D eigenvalue weighted by Gasteiger charge is -2.19. The van der Waals surface area contributed by atoms with Gasteiger partial charge in [0.25, 0.3) is 0 Å². The Kier molecular flexibility index (Phi) is 3.01. The first-order chi connectivity index (χ1) is 6.20. The molecule has 0 bridgehead atoms. The molecule has 1 aromatic carbocycles. The van der Waals surface area contributed by atoms with Gasteiger partial charge in [0, 0.05) is 14.1 Å². The molecule has 0 spiro atoms. The molecule has 0 saturated carbocycles. The molecule has 3 nitrogen and oxygen atoms in total. The molecule has 0 aliphatic rings. The summed E-state index contributed by atoms with van der Waals surface area (Å²) in [7, 11) is 7.23. The zero-order valence-corrected chi connectivity index (χ0v) is 8.50. The van der Waals surface area contributed by atoms with Crippen molar-refractivity contribution in [3.63, 3.8) is 0 Å². The lowest BCUT2D eigenvalue weighted by molar-refractivity contribution is 0.395. The highest BCUT2D eigenvalue weighted by molar-refractivity contribution is 5.67. The monoisotopic (exact) mass is 181 g/mol. The zero-order chi connectivity index (χ0) is 9.84. The summed E-state index contributed by atoms with van der Waals surface area (Å²) < 4.78 is 10.5. The molecule has 0 heterocycles. The quantitative estimate of drug-likeness (QED) is 0.709. The van der Waals surface area contributed by atoms with Crippen LogP contribution in [0.2, 0.25) is 0 Å². The summed E-state index contributed by atoms with van der Waals surface area (Å²) in [5.41, 5.74) is 0.965. The van der Waals surface area contributed by atoms with Gasteiger partial charge in [-0.05, 0) is 12.1 Å². The molecule has 1 aromatic rings. The van der Waals surface area contributed by atoms with Crippen molar-refractivity contribution >= 4 is 5.69 Å². The molecule has 1 rings (SSSR count). The maximum atomic E-state index is 5.23. The third kappa shape index (κ3) is 1.86. The number of hydrogen-bond donors (Lipinski definition) is 0. The van der Waals surface area contributed by atoms with Crippen molar-refractivity contribution in [3.8, 4) is 11.5 Å². The number of hydrogen-bond acceptors (Lipinski definition) is 3. The summed E-state index contributed by atoms with van der Waals surface area (Å²) >= 11 is 0. The van der Waals surface area contributed by atoms with Crippen LogP contribution in [0.3, 0.4) is 0 Å². The van der Waals surface area contributed by atoms with Crippen LogP contribution in [0.4, 0.5) is 5.69 Å². The molecule has 0 radical (unpaired) electrons. The highest BCUT2D eigenvalue weighted by atomic mass is 16.5. The second kappa shape index (κ2) is 4.03. The number of methoxy groups -OCH3 is 2. The molecular weight excluding hydrogens is 166 g/mol. The lowest BCUT2D eigenvalue weighted by Crippen LogP contribution is -2.11. The maximum absolute atomic E-state index is 5.23. The van der Waals surface area contributed by atoms with E-state index in [1.165, 1.54) is 0 Å². The molecule has 3 heteroatoms. The Morgan fingerprint density at radius 1 is 1.00 bits per heavy atom.